The molecule has 1 heterocycles. The molecule has 1 aromatic rings. The average Bonchev–Trinajstić information content (AvgIpc) is 2.35. The highest BCUT2D eigenvalue weighted by Crippen LogP contribution is 2.37. The van der Waals surface area contributed by atoms with Gasteiger partial charge in [0, 0.05) is 17.0 Å². The largest absolute Gasteiger partial charge is 0.446 e. The van der Waals surface area contributed by atoms with Gasteiger partial charge in [-0.3, -0.25) is 14.8 Å². The van der Waals surface area contributed by atoms with Crippen molar-refractivity contribution >= 4 is 23.6 Å². The molecule has 21 heavy (non-hydrogen) atoms. The van der Waals surface area contributed by atoms with Gasteiger partial charge in [0.15, 0.2) is 0 Å². The van der Waals surface area contributed by atoms with Crippen molar-refractivity contribution in [1.29, 1.82) is 0 Å². The second-order valence-corrected chi connectivity index (χ2v) is 5.49. The Hall–Kier alpha value is -1.74. The van der Waals surface area contributed by atoms with Crippen LogP contribution in [0.15, 0.2) is 29.2 Å². The fourth-order valence-corrected chi connectivity index (χ4v) is 2.57. The van der Waals surface area contributed by atoms with E-state index in [1.807, 2.05) is 0 Å². The summed E-state index contributed by atoms with van der Waals surface area (Å²) in [5, 5.41) is 8.55. The van der Waals surface area contributed by atoms with Crippen molar-refractivity contribution in [2.24, 2.45) is 0 Å². The number of nitrogens with zero attached hydrogens (tertiary/aromatic N) is 1. The number of likely N-dealkylation sites (tertiary alicyclic amines) is 1. The molecule has 2 rings (SSSR count). The fourth-order valence-electron chi connectivity index (χ4n) is 1.97. The molecule has 1 saturated heterocycles. The summed E-state index contributed by atoms with van der Waals surface area (Å²) in [6, 6.07) is 4.33. The van der Waals surface area contributed by atoms with Gasteiger partial charge in [-0.2, -0.15) is 13.2 Å². The molecule has 0 spiro atoms. The van der Waals surface area contributed by atoms with Gasteiger partial charge >= 0.3 is 5.51 Å². The number of alkyl halides is 3. The first-order valence-corrected chi connectivity index (χ1v) is 6.74. The number of hydroxylamine groups is 1. The van der Waals surface area contributed by atoms with Gasteiger partial charge in [-0.25, -0.2) is 5.48 Å². The number of hydrogen-bond donors (Lipinski definition) is 2. The molecule has 1 aliphatic heterocycles. The van der Waals surface area contributed by atoms with Gasteiger partial charge in [-0.15, -0.1) is 0 Å². The Morgan fingerprint density at radius 2 is 2.10 bits per heavy atom. The predicted molar refractivity (Wildman–Crippen MR) is 67.7 cm³/mol. The highest BCUT2D eigenvalue weighted by Gasteiger charge is 2.38. The zero-order valence-electron chi connectivity index (χ0n) is 10.6. The summed E-state index contributed by atoms with van der Waals surface area (Å²) >= 11 is -0.309. The minimum absolute atomic E-state index is 0.0692. The Balaban J connectivity index is 2.13. The van der Waals surface area contributed by atoms with E-state index in [4.69, 9.17) is 5.21 Å². The van der Waals surface area contributed by atoms with Crippen LogP contribution in [0.1, 0.15) is 16.8 Å². The number of carbonyl (C=O) groups is 2. The van der Waals surface area contributed by atoms with Crippen LogP contribution >= 0.6 is 11.8 Å². The Labute approximate surface area is 122 Å². The highest BCUT2D eigenvalue weighted by molar-refractivity contribution is 8.00. The van der Waals surface area contributed by atoms with Crippen molar-refractivity contribution in [3.05, 3.63) is 29.8 Å². The maximum atomic E-state index is 12.3. The molecule has 114 valence electrons. The van der Waals surface area contributed by atoms with E-state index in [-0.39, 0.29) is 22.2 Å². The molecular formula is C12H11F3N2O3S. The molecule has 1 aliphatic rings. The van der Waals surface area contributed by atoms with Crippen LogP contribution in [0, 0.1) is 0 Å². The third kappa shape index (κ3) is 3.67. The van der Waals surface area contributed by atoms with Crippen molar-refractivity contribution in [3.8, 4) is 0 Å². The zero-order chi connectivity index (χ0) is 15.6. The van der Waals surface area contributed by atoms with E-state index in [9.17, 15) is 22.8 Å². The zero-order valence-corrected chi connectivity index (χ0v) is 11.4. The predicted octanol–water partition coefficient (Wildman–Crippen LogP) is 2.02. The molecule has 0 bridgehead atoms. The summed E-state index contributed by atoms with van der Waals surface area (Å²) in [4.78, 5) is 24.5. The lowest BCUT2D eigenvalue weighted by Gasteiger charge is -2.39. The van der Waals surface area contributed by atoms with E-state index in [1.54, 1.807) is 0 Å². The van der Waals surface area contributed by atoms with Crippen LogP contribution in [-0.2, 0) is 4.79 Å². The van der Waals surface area contributed by atoms with E-state index < -0.39 is 23.4 Å². The Morgan fingerprint density at radius 3 is 2.62 bits per heavy atom. The minimum atomic E-state index is -4.43. The molecule has 5 nitrogen and oxygen atoms in total. The van der Waals surface area contributed by atoms with Crippen LogP contribution in [0.25, 0.3) is 0 Å². The van der Waals surface area contributed by atoms with E-state index in [2.05, 4.69) is 0 Å². The lowest BCUT2D eigenvalue weighted by atomic mass is 10.0. The lowest BCUT2D eigenvalue weighted by Crippen LogP contribution is -2.57. The second kappa shape index (κ2) is 5.94. The molecular weight excluding hydrogens is 309 g/mol. The molecule has 0 radical (unpaired) electrons. The van der Waals surface area contributed by atoms with Crippen molar-refractivity contribution in [1.82, 2.24) is 10.4 Å². The first-order chi connectivity index (χ1) is 9.81. The topological polar surface area (TPSA) is 69.6 Å². The molecule has 9 heteroatoms. The molecule has 0 aliphatic carbocycles. The molecule has 2 N–H and O–H groups in total. The van der Waals surface area contributed by atoms with Crippen LogP contribution in [0.2, 0.25) is 0 Å². The molecule has 2 amide bonds. The van der Waals surface area contributed by atoms with Crippen LogP contribution in [0.4, 0.5) is 13.2 Å². The molecule has 1 aromatic carbocycles. The molecule has 0 unspecified atom stereocenters. The maximum Gasteiger partial charge on any atom is 0.446 e. The monoisotopic (exact) mass is 320 g/mol. The number of benzene rings is 1. The average molecular weight is 320 g/mol. The van der Waals surface area contributed by atoms with Crippen LogP contribution in [0.3, 0.4) is 0 Å². The van der Waals surface area contributed by atoms with E-state index in [0.717, 1.165) is 6.07 Å². The minimum Gasteiger partial charge on any atom is -0.326 e. The second-order valence-electron chi connectivity index (χ2n) is 4.35. The summed E-state index contributed by atoms with van der Waals surface area (Å²) in [5.74, 6) is -1.25. The summed E-state index contributed by atoms with van der Waals surface area (Å²) in [7, 11) is 0. The number of rotatable bonds is 3. The van der Waals surface area contributed by atoms with Crippen molar-refractivity contribution in [2.45, 2.75) is 22.9 Å². The Morgan fingerprint density at radius 1 is 1.38 bits per heavy atom. The SMILES string of the molecule is O=C(NO)[C@H]1CCN1C(=O)c1cccc(SC(F)(F)F)c1. The smallest absolute Gasteiger partial charge is 0.326 e. The summed E-state index contributed by atoms with van der Waals surface area (Å²) < 4.78 is 36.9. The van der Waals surface area contributed by atoms with E-state index >= 15 is 0 Å². The van der Waals surface area contributed by atoms with Crippen LogP contribution in [0.5, 0.6) is 0 Å². The molecule has 0 aromatic heterocycles. The number of halogens is 3. The lowest BCUT2D eigenvalue weighted by molar-refractivity contribution is -0.137. The molecule has 1 atom stereocenters. The third-order valence-electron chi connectivity index (χ3n) is 3.01. The normalized spacial score (nSPS) is 18.1. The maximum absolute atomic E-state index is 12.3. The van der Waals surface area contributed by atoms with Gasteiger partial charge in [0.25, 0.3) is 11.8 Å². The first kappa shape index (κ1) is 15.6. The molecule has 0 saturated carbocycles. The number of carbonyl (C=O) groups excluding carboxylic acids is 2. The molecule has 1 fully saturated rings. The van der Waals surface area contributed by atoms with Crippen molar-refractivity contribution in [2.75, 3.05) is 6.54 Å². The number of amides is 2. The van der Waals surface area contributed by atoms with Crippen molar-refractivity contribution in [3.63, 3.8) is 0 Å². The van der Waals surface area contributed by atoms with Gasteiger partial charge < -0.3 is 4.90 Å². The highest BCUT2D eigenvalue weighted by atomic mass is 32.2. The number of nitrogens with one attached hydrogen (secondary N) is 1. The summed E-state index contributed by atoms with van der Waals surface area (Å²) in [5.41, 5.74) is -2.90. The summed E-state index contributed by atoms with van der Waals surface area (Å²) in [6.07, 6.45) is 0.398. The van der Waals surface area contributed by atoms with Crippen LogP contribution < -0.4 is 5.48 Å². The number of thioether (sulfide) groups is 1. The standard InChI is InChI=1S/C12H11F3N2O3S/c13-12(14,15)21-8-3-1-2-7(6-8)11(19)17-5-4-9(17)10(18)16-20/h1-3,6,9,20H,4-5H2,(H,16,18)/t9-/m1/s1. The number of hydrogen-bond acceptors (Lipinski definition) is 4. The van der Waals surface area contributed by atoms with Gasteiger partial charge in [-0.1, -0.05) is 6.07 Å². The van der Waals surface area contributed by atoms with E-state index in [1.165, 1.54) is 28.6 Å². The summed E-state index contributed by atoms with van der Waals surface area (Å²) in [6.45, 7) is 0.313. The first-order valence-electron chi connectivity index (χ1n) is 5.92. The van der Waals surface area contributed by atoms with Crippen LogP contribution in [-0.4, -0.2) is 40.0 Å². The quantitative estimate of drug-likeness (QED) is 0.508. The Bertz CT molecular complexity index is 565. The van der Waals surface area contributed by atoms with Gasteiger partial charge in [0.05, 0.1) is 0 Å². The third-order valence-corrected chi connectivity index (χ3v) is 3.73. The van der Waals surface area contributed by atoms with Gasteiger partial charge in [0.2, 0.25) is 0 Å². The van der Waals surface area contributed by atoms with Crippen molar-refractivity contribution < 1.29 is 28.0 Å². The Kier molecular flexibility index (Phi) is 4.43. The van der Waals surface area contributed by atoms with Gasteiger partial charge in [-0.05, 0) is 36.4 Å². The van der Waals surface area contributed by atoms with Gasteiger partial charge in [0.1, 0.15) is 6.04 Å². The fraction of sp³-hybridized carbons (Fsp3) is 0.333. The van der Waals surface area contributed by atoms with E-state index in [0.29, 0.717) is 13.0 Å².